The molecule has 1 rings (SSSR count). The maximum atomic E-state index is 11.3. The monoisotopic (exact) mass is 275 g/mol. The van der Waals surface area contributed by atoms with E-state index in [0.29, 0.717) is 13.2 Å². The Bertz CT molecular complexity index is 301. The lowest BCUT2D eigenvalue weighted by molar-refractivity contribution is -0.137. The van der Waals surface area contributed by atoms with Gasteiger partial charge in [-0.15, -0.1) is 11.8 Å². The predicted octanol–water partition coefficient (Wildman–Crippen LogP) is 1.95. The van der Waals surface area contributed by atoms with Crippen molar-refractivity contribution in [2.45, 2.75) is 44.5 Å². The number of ether oxygens (including phenoxy) is 2. The first-order chi connectivity index (χ1) is 8.38. The molecule has 1 saturated heterocycles. The molecule has 0 aromatic carbocycles. The molecule has 1 amide bonds. The lowest BCUT2D eigenvalue weighted by Gasteiger charge is -2.19. The lowest BCUT2D eigenvalue weighted by Crippen LogP contribution is -2.33. The van der Waals surface area contributed by atoms with Crippen LogP contribution in [-0.2, 0) is 14.3 Å². The molecule has 0 aliphatic carbocycles. The average molecular weight is 275 g/mol. The zero-order chi connectivity index (χ0) is 13.6. The topological polar surface area (TPSA) is 64.6 Å². The van der Waals surface area contributed by atoms with Gasteiger partial charge in [0.25, 0.3) is 0 Å². The summed E-state index contributed by atoms with van der Waals surface area (Å²) in [5, 5.41) is 2.66. The Balaban J connectivity index is 2.01. The highest BCUT2D eigenvalue weighted by Gasteiger charge is 2.26. The first-order valence-corrected chi connectivity index (χ1v) is 7.18. The van der Waals surface area contributed by atoms with E-state index in [0.717, 1.165) is 18.6 Å². The number of hydrogen-bond acceptors (Lipinski definition) is 5. The second-order valence-electron chi connectivity index (χ2n) is 5.10. The third kappa shape index (κ3) is 6.14. The van der Waals surface area contributed by atoms with E-state index in [9.17, 15) is 9.59 Å². The lowest BCUT2D eigenvalue weighted by atomic mass is 10.2. The number of amides is 1. The van der Waals surface area contributed by atoms with Crippen molar-refractivity contribution in [1.29, 1.82) is 0 Å². The molecule has 0 spiro atoms. The van der Waals surface area contributed by atoms with Crippen LogP contribution in [0.2, 0.25) is 0 Å². The summed E-state index contributed by atoms with van der Waals surface area (Å²) >= 11 is 1.59. The van der Waals surface area contributed by atoms with Crippen LogP contribution in [0.1, 0.15) is 33.6 Å². The molecular weight excluding hydrogens is 254 g/mol. The number of thioether (sulfide) groups is 1. The van der Waals surface area contributed by atoms with E-state index in [4.69, 9.17) is 9.47 Å². The fraction of sp³-hybridized carbons (Fsp3) is 0.833. The second kappa shape index (κ2) is 6.87. The molecule has 1 N–H and O–H groups in total. The van der Waals surface area contributed by atoms with Crippen LogP contribution in [0.4, 0.5) is 4.79 Å². The molecule has 1 fully saturated rings. The Morgan fingerprint density at radius 1 is 1.56 bits per heavy atom. The van der Waals surface area contributed by atoms with E-state index >= 15 is 0 Å². The van der Waals surface area contributed by atoms with Crippen LogP contribution in [0.15, 0.2) is 0 Å². The maximum Gasteiger partial charge on any atom is 0.407 e. The molecule has 18 heavy (non-hydrogen) atoms. The van der Waals surface area contributed by atoms with E-state index < -0.39 is 11.7 Å². The summed E-state index contributed by atoms with van der Waals surface area (Å²) in [6, 6.07) is 0. The zero-order valence-corrected chi connectivity index (χ0v) is 12.0. The van der Waals surface area contributed by atoms with Crippen LogP contribution < -0.4 is 5.32 Å². The third-order valence-electron chi connectivity index (χ3n) is 2.20. The van der Waals surface area contributed by atoms with E-state index in [-0.39, 0.29) is 11.2 Å². The Kier molecular flexibility index (Phi) is 5.78. The summed E-state index contributed by atoms with van der Waals surface area (Å²) < 4.78 is 9.97. The van der Waals surface area contributed by atoms with Crippen molar-refractivity contribution in [3.8, 4) is 0 Å². The van der Waals surface area contributed by atoms with Crippen molar-refractivity contribution < 1.29 is 19.1 Å². The molecule has 5 nitrogen and oxygen atoms in total. The molecule has 1 aliphatic rings. The molecule has 0 bridgehead atoms. The average Bonchev–Trinajstić information content (AvgIpc) is 2.61. The van der Waals surface area contributed by atoms with Crippen LogP contribution in [0.3, 0.4) is 0 Å². The van der Waals surface area contributed by atoms with E-state index in [1.807, 2.05) is 20.8 Å². The second-order valence-corrected chi connectivity index (χ2v) is 6.41. The third-order valence-corrected chi connectivity index (χ3v) is 3.55. The minimum absolute atomic E-state index is 0.0217. The van der Waals surface area contributed by atoms with Crippen molar-refractivity contribution in [2.24, 2.45) is 0 Å². The highest BCUT2D eigenvalue weighted by Crippen LogP contribution is 2.21. The number of esters is 1. The van der Waals surface area contributed by atoms with Crippen molar-refractivity contribution >= 4 is 23.8 Å². The van der Waals surface area contributed by atoms with Gasteiger partial charge in [0, 0.05) is 13.0 Å². The van der Waals surface area contributed by atoms with Crippen LogP contribution in [0.5, 0.6) is 0 Å². The molecule has 1 atom stereocenters. The molecule has 1 unspecified atom stereocenters. The van der Waals surface area contributed by atoms with E-state index in [1.165, 1.54) is 0 Å². The molecule has 0 radical (unpaired) electrons. The number of hydrogen-bond donors (Lipinski definition) is 1. The first-order valence-electron chi connectivity index (χ1n) is 6.13. The quantitative estimate of drug-likeness (QED) is 0.613. The first kappa shape index (κ1) is 15.1. The van der Waals surface area contributed by atoms with Gasteiger partial charge in [-0.05, 0) is 32.9 Å². The molecule has 1 aliphatic heterocycles. The van der Waals surface area contributed by atoms with Crippen molar-refractivity contribution in [2.75, 3.05) is 18.9 Å². The van der Waals surface area contributed by atoms with Gasteiger partial charge in [0.05, 0.1) is 6.61 Å². The predicted molar refractivity (Wildman–Crippen MR) is 70.7 cm³/mol. The van der Waals surface area contributed by atoms with Crippen molar-refractivity contribution in [1.82, 2.24) is 5.32 Å². The standard InChI is InChI=1S/C12H21NO4S/c1-12(2,3)17-11(15)13-6-4-8-18-9-5-7-16-10(9)14/h9H,4-8H2,1-3H3,(H,13,15). The molecule has 6 heteroatoms. The van der Waals surface area contributed by atoms with Crippen LogP contribution >= 0.6 is 11.8 Å². The summed E-state index contributed by atoms with van der Waals surface area (Å²) in [6.07, 6.45) is 1.21. The molecule has 0 aromatic heterocycles. The van der Waals surface area contributed by atoms with Crippen molar-refractivity contribution in [3.63, 3.8) is 0 Å². The minimum atomic E-state index is -0.466. The van der Waals surface area contributed by atoms with Crippen molar-refractivity contribution in [3.05, 3.63) is 0 Å². The normalized spacial score (nSPS) is 19.5. The Morgan fingerprint density at radius 3 is 2.83 bits per heavy atom. The van der Waals surface area contributed by atoms with Crippen LogP contribution in [0.25, 0.3) is 0 Å². The Morgan fingerprint density at radius 2 is 2.28 bits per heavy atom. The van der Waals surface area contributed by atoms with Gasteiger partial charge in [-0.2, -0.15) is 0 Å². The summed E-state index contributed by atoms with van der Waals surface area (Å²) in [6.45, 7) is 6.58. The summed E-state index contributed by atoms with van der Waals surface area (Å²) in [4.78, 5) is 22.5. The summed E-state index contributed by atoms with van der Waals surface area (Å²) in [5.74, 6) is 0.718. The number of carbonyl (C=O) groups excluding carboxylic acids is 2. The number of nitrogens with one attached hydrogen (secondary N) is 1. The van der Waals surface area contributed by atoms with Gasteiger partial charge >= 0.3 is 12.1 Å². The SMILES string of the molecule is CC(C)(C)OC(=O)NCCCSC1CCOC1=O. The highest BCUT2D eigenvalue weighted by atomic mass is 32.2. The Hall–Kier alpha value is -0.910. The number of alkyl carbamates (subject to hydrolysis) is 1. The highest BCUT2D eigenvalue weighted by molar-refractivity contribution is 8.00. The van der Waals surface area contributed by atoms with E-state index in [2.05, 4.69) is 5.32 Å². The fourth-order valence-electron chi connectivity index (χ4n) is 1.43. The van der Waals surface area contributed by atoms with Gasteiger partial charge in [0.15, 0.2) is 0 Å². The van der Waals surface area contributed by atoms with Crippen LogP contribution in [0, 0.1) is 0 Å². The van der Waals surface area contributed by atoms with Gasteiger partial charge in [-0.3, -0.25) is 4.79 Å². The molecular formula is C12H21NO4S. The maximum absolute atomic E-state index is 11.3. The number of cyclic esters (lactones) is 1. The summed E-state index contributed by atoms with van der Waals surface area (Å²) in [7, 11) is 0. The molecule has 0 aromatic rings. The fourth-order valence-corrected chi connectivity index (χ4v) is 2.49. The number of carbonyl (C=O) groups is 2. The smallest absolute Gasteiger partial charge is 0.407 e. The minimum Gasteiger partial charge on any atom is -0.465 e. The summed E-state index contributed by atoms with van der Waals surface area (Å²) in [5.41, 5.74) is -0.466. The van der Waals surface area contributed by atoms with E-state index in [1.54, 1.807) is 11.8 Å². The molecule has 1 heterocycles. The molecule has 0 saturated carbocycles. The van der Waals surface area contributed by atoms with Gasteiger partial charge in [-0.1, -0.05) is 0 Å². The van der Waals surface area contributed by atoms with Gasteiger partial charge in [-0.25, -0.2) is 4.79 Å². The van der Waals surface area contributed by atoms with Crippen LogP contribution in [-0.4, -0.2) is 41.8 Å². The van der Waals surface area contributed by atoms with Gasteiger partial charge in [0.1, 0.15) is 10.9 Å². The van der Waals surface area contributed by atoms with Gasteiger partial charge in [0.2, 0.25) is 0 Å². The largest absolute Gasteiger partial charge is 0.465 e. The zero-order valence-electron chi connectivity index (χ0n) is 11.2. The number of rotatable bonds is 5. The molecule has 104 valence electrons. The van der Waals surface area contributed by atoms with Gasteiger partial charge < -0.3 is 14.8 Å². The Labute approximate surface area is 112 Å².